The molecule has 9 heteroatoms. The van der Waals surface area contributed by atoms with Crippen LogP contribution in [0.4, 0.5) is 11.5 Å². The minimum atomic E-state index is -1.18. The average Bonchev–Trinajstić information content (AvgIpc) is 2.62. The summed E-state index contributed by atoms with van der Waals surface area (Å²) in [7, 11) is 0. The van der Waals surface area contributed by atoms with Crippen LogP contribution < -0.4 is 10.7 Å². The highest BCUT2D eigenvalue weighted by molar-refractivity contribution is 6.67. The van der Waals surface area contributed by atoms with Gasteiger partial charge in [0, 0.05) is 13.1 Å². The molecular formula is C17H13N5O4. The minimum absolute atomic E-state index is 0.0617. The van der Waals surface area contributed by atoms with Crippen molar-refractivity contribution in [3.63, 3.8) is 0 Å². The number of benzene rings is 1. The largest absolute Gasteiger partial charge is 0.478 e. The van der Waals surface area contributed by atoms with Crippen LogP contribution in [0, 0.1) is 11.3 Å². The molecule has 0 saturated carbocycles. The zero-order chi connectivity index (χ0) is 19.1. The summed E-state index contributed by atoms with van der Waals surface area (Å²) in [5.74, 6) is -2.50. The number of ketones is 1. The molecule has 2 aromatic rings. The Morgan fingerprint density at radius 1 is 1.19 bits per heavy atom. The predicted molar refractivity (Wildman–Crippen MR) is 92.7 cm³/mol. The van der Waals surface area contributed by atoms with E-state index < -0.39 is 23.4 Å². The van der Waals surface area contributed by atoms with Gasteiger partial charge in [-0.25, -0.2) is 9.78 Å². The number of anilines is 2. The number of rotatable bonds is 6. The second kappa shape index (κ2) is 8.16. The van der Waals surface area contributed by atoms with Crippen molar-refractivity contribution in [2.45, 2.75) is 6.92 Å². The van der Waals surface area contributed by atoms with Crippen LogP contribution in [0.3, 0.4) is 0 Å². The number of amides is 1. The summed E-state index contributed by atoms with van der Waals surface area (Å²) in [6.07, 6.45) is 1.27. The Balaban J connectivity index is 2.21. The molecule has 2 rings (SSSR count). The maximum absolute atomic E-state index is 12.2. The normalized spacial score (nSPS) is 10.5. The number of pyridine rings is 1. The number of hydrogen-bond acceptors (Lipinski definition) is 7. The third kappa shape index (κ3) is 4.48. The first kappa shape index (κ1) is 18.3. The lowest BCUT2D eigenvalue weighted by atomic mass is 10.2. The standard InChI is InChI=1S/C17H13N5O4/c1-10(23)15(16(24)20-14-7-6-11(8-18)9-19-14)22-21-13-5-3-2-4-12(13)17(25)26/h2-7,9,21H,1H3,(H,25,26)(H,19,20,24)/b22-15+. The molecule has 0 bridgehead atoms. The van der Waals surface area contributed by atoms with E-state index in [-0.39, 0.29) is 17.1 Å². The van der Waals surface area contributed by atoms with Gasteiger partial charge in [-0.1, -0.05) is 12.1 Å². The molecule has 26 heavy (non-hydrogen) atoms. The van der Waals surface area contributed by atoms with E-state index in [0.717, 1.165) is 6.92 Å². The molecule has 130 valence electrons. The van der Waals surface area contributed by atoms with Crippen LogP contribution in [0.15, 0.2) is 47.7 Å². The Kier molecular flexibility index (Phi) is 5.74. The van der Waals surface area contributed by atoms with Gasteiger partial charge in [0.2, 0.25) is 0 Å². The molecule has 0 spiro atoms. The van der Waals surface area contributed by atoms with Crippen molar-refractivity contribution in [3.05, 3.63) is 53.7 Å². The number of carboxylic acids is 1. The van der Waals surface area contributed by atoms with Crippen LogP contribution in [-0.4, -0.2) is 33.5 Å². The summed E-state index contributed by atoms with van der Waals surface area (Å²) in [5.41, 5.74) is 2.34. The number of aromatic carboxylic acids is 1. The Labute approximate surface area is 148 Å². The third-order valence-electron chi connectivity index (χ3n) is 3.13. The second-order valence-corrected chi connectivity index (χ2v) is 4.98. The fraction of sp³-hybridized carbons (Fsp3) is 0.0588. The Hall–Kier alpha value is -4.06. The maximum atomic E-state index is 12.2. The van der Waals surface area contributed by atoms with Gasteiger partial charge in [0.1, 0.15) is 11.9 Å². The number of para-hydroxylation sites is 1. The fourth-order valence-corrected chi connectivity index (χ4v) is 1.88. The number of aromatic nitrogens is 1. The first-order valence-electron chi connectivity index (χ1n) is 7.27. The van der Waals surface area contributed by atoms with E-state index in [1.165, 1.54) is 36.5 Å². The van der Waals surface area contributed by atoms with Crippen molar-refractivity contribution in [2.24, 2.45) is 5.10 Å². The highest BCUT2D eigenvalue weighted by atomic mass is 16.4. The van der Waals surface area contributed by atoms with Crippen LogP contribution in [0.2, 0.25) is 0 Å². The molecule has 1 aromatic heterocycles. The molecule has 3 N–H and O–H groups in total. The van der Waals surface area contributed by atoms with Gasteiger partial charge < -0.3 is 10.4 Å². The minimum Gasteiger partial charge on any atom is -0.478 e. The zero-order valence-corrected chi connectivity index (χ0v) is 13.6. The van der Waals surface area contributed by atoms with Crippen molar-refractivity contribution >= 4 is 34.9 Å². The van der Waals surface area contributed by atoms with Gasteiger partial charge in [-0.2, -0.15) is 10.4 Å². The molecule has 0 aliphatic rings. The number of Topliss-reactive ketones (excluding diaryl/α,β-unsaturated/α-hetero) is 1. The van der Waals surface area contributed by atoms with Crippen molar-refractivity contribution in [1.82, 2.24) is 4.98 Å². The van der Waals surface area contributed by atoms with Crippen LogP contribution in [0.5, 0.6) is 0 Å². The highest BCUT2D eigenvalue weighted by Crippen LogP contribution is 2.15. The fourth-order valence-electron chi connectivity index (χ4n) is 1.88. The van der Waals surface area contributed by atoms with E-state index in [1.807, 2.05) is 6.07 Å². The van der Waals surface area contributed by atoms with Gasteiger partial charge in [-0.3, -0.25) is 15.0 Å². The second-order valence-electron chi connectivity index (χ2n) is 4.98. The van der Waals surface area contributed by atoms with Crippen LogP contribution in [-0.2, 0) is 9.59 Å². The number of nitrogens with one attached hydrogen (secondary N) is 2. The van der Waals surface area contributed by atoms with E-state index in [9.17, 15) is 14.4 Å². The van der Waals surface area contributed by atoms with Crippen molar-refractivity contribution in [1.29, 1.82) is 5.26 Å². The SMILES string of the molecule is CC(=O)/C(=N\Nc1ccccc1C(=O)O)C(=O)Nc1ccc(C#N)cn1. The summed E-state index contributed by atoms with van der Waals surface area (Å²) in [6, 6.07) is 10.7. The molecule has 0 atom stereocenters. The number of nitriles is 1. The summed E-state index contributed by atoms with van der Waals surface area (Å²) in [5, 5.41) is 23.9. The van der Waals surface area contributed by atoms with E-state index in [0.29, 0.717) is 5.56 Å². The van der Waals surface area contributed by atoms with Crippen molar-refractivity contribution < 1.29 is 19.5 Å². The van der Waals surface area contributed by atoms with E-state index in [1.54, 1.807) is 6.07 Å². The molecule has 0 fully saturated rings. The molecular weight excluding hydrogens is 338 g/mol. The topological polar surface area (TPSA) is 145 Å². The van der Waals surface area contributed by atoms with Crippen molar-refractivity contribution in [3.8, 4) is 6.07 Å². The Morgan fingerprint density at radius 3 is 2.50 bits per heavy atom. The summed E-state index contributed by atoms with van der Waals surface area (Å²) < 4.78 is 0. The third-order valence-corrected chi connectivity index (χ3v) is 3.13. The quantitative estimate of drug-likeness (QED) is 0.407. The molecule has 0 aliphatic carbocycles. The van der Waals surface area contributed by atoms with Gasteiger partial charge in [0.05, 0.1) is 16.8 Å². The number of hydrogen-bond donors (Lipinski definition) is 3. The molecule has 0 aliphatic heterocycles. The average molecular weight is 351 g/mol. The number of nitrogens with zero attached hydrogens (tertiary/aromatic N) is 3. The summed E-state index contributed by atoms with van der Waals surface area (Å²) in [6.45, 7) is 1.15. The Morgan fingerprint density at radius 2 is 1.92 bits per heavy atom. The maximum Gasteiger partial charge on any atom is 0.337 e. The monoisotopic (exact) mass is 351 g/mol. The summed E-state index contributed by atoms with van der Waals surface area (Å²) >= 11 is 0. The van der Waals surface area contributed by atoms with Gasteiger partial charge in [-0.05, 0) is 24.3 Å². The number of hydrazone groups is 1. The number of carboxylic acid groups (broad SMARTS) is 1. The first-order valence-corrected chi connectivity index (χ1v) is 7.27. The summed E-state index contributed by atoms with van der Waals surface area (Å²) in [4.78, 5) is 39.0. The van der Waals surface area contributed by atoms with Crippen LogP contribution in [0.25, 0.3) is 0 Å². The smallest absolute Gasteiger partial charge is 0.337 e. The zero-order valence-electron chi connectivity index (χ0n) is 13.6. The highest BCUT2D eigenvalue weighted by Gasteiger charge is 2.18. The van der Waals surface area contributed by atoms with E-state index in [2.05, 4.69) is 20.8 Å². The molecule has 0 unspecified atom stereocenters. The van der Waals surface area contributed by atoms with E-state index in [4.69, 9.17) is 10.4 Å². The first-order chi connectivity index (χ1) is 12.4. The predicted octanol–water partition coefficient (Wildman–Crippen LogP) is 1.65. The lowest BCUT2D eigenvalue weighted by molar-refractivity contribution is -0.114. The molecule has 0 radical (unpaired) electrons. The number of carbonyl (C=O) groups excluding carboxylic acids is 2. The van der Waals surface area contributed by atoms with Gasteiger partial charge in [-0.15, -0.1) is 0 Å². The lowest BCUT2D eigenvalue weighted by Gasteiger charge is -2.08. The molecule has 0 saturated heterocycles. The molecule has 1 amide bonds. The molecule has 1 heterocycles. The van der Waals surface area contributed by atoms with E-state index >= 15 is 0 Å². The molecule has 1 aromatic carbocycles. The van der Waals surface area contributed by atoms with Gasteiger partial charge in [0.15, 0.2) is 11.5 Å². The van der Waals surface area contributed by atoms with Gasteiger partial charge in [0.25, 0.3) is 5.91 Å². The Bertz CT molecular complexity index is 929. The van der Waals surface area contributed by atoms with Crippen LogP contribution >= 0.6 is 0 Å². The van der Waals surface area contributed by atoms with Gasteiger partial charge >= 0.3 is 5.97 Å². The molecule has 9 nitrogen and oxygen atoms in total. The van der Waals surface area contributed by atoms with Crippen LogP contribution in [0.1, 0.15) is 22.8 Å². The lowest BCUT2D eigenvalue weighted by Crippen LogP contribution is -2.30. The number of carbonyl (C=O) groups is 3. The van der Waals surface area contributed by atoms with Crippen molar-refractivity contribution in [2.75, 3.05) is 10.7 Å².